The van der Waals surface area contributed by atoms with Crippen LogP contribution >= 0.6 is 0 Å². The summed E-state index contributed by atoms with van der Waals surface area (Å²) in [5, 5.41) is 0. The van der Waals surface area contributed by atoms with Gasteiger partial charge in [-0.3, -0.25) is 9.59 Å². The van der Waals surface area contributed by atoms with E-state index in [9.17, 15) is 18.8 Å². The predicted molar refractivity (Wildman–Crippen MR) is 104 cm³/mol. The molecule has 0 spiro atoms. The van der Waals surface area contributed by atoms with Gasteiger partial charge in [0.15, 0.2) is 5.78 Å². The Kier molecular flexibility index (Phi) is 12.9. The van der Waals surface area contributed by atoms with E-state index in [0.717, 1.165) is 11.3 Å². The summed E-state index contributed by atoms with van der Waals surface area (Å²) < 4.78 is 17.4. The fourth-order valence-corrected chi connectivity index (χ4v) is 1.94. The number of carbonyl (C=O) groups excluding carboxylic acids is 3. The van der Waals surface area contributed by atoms with Crippen molar-refractivity contribution in [3.63, 3.8) is 0 Å². The number of benzene rings is 1. The van der Waals surface area contributed by atoms with Gasteiger partial charge in [-0.05, 0) is 44.0 Å². The van der Waals surface area contributed by atoms with Crippen molar-refractivity contribution in [2.75, 3.05) is 13.2 Å². The zero-order valence-electron chi connectivity index (χ0n) is 16.1. The zero-order valence-corrected chi connectivity index (χ0v) is 16.1. The Hall–Kier alpha value is -2.76. The standard InChI is InChI=1S/C14H14FNO4.C4H8.C3H6/c15-11-6-4-10(5-7-11)12(17)2-1-3-13(18)16-8-9-20-14(16)19;1-3-4-2;1-3-2/h4-7H,1-3,8-9H2;3H,1,4H2,2H3;3H,1H2,2H3. The van der Waals surface area contributed by atoms with Crippen molar-refractivity contribution in [3.05, 3.63) is 61.0 Å². The lowest BCUT2D eigenvalue weighted by molar-refractivity contribution is -0.127. The normalized spacial score (nSPS) is 12.0. The lowest BCUT2D eigenvalue weighted by atomic mass is 10.1. The maximum absolute atomic E-state index is 12.7. The number of Topliss-reactive ketones (excluding diaryl/α,β-unsaturated/α-hetero) is 1. The smallest absolute Gasteiger partial charge is 0.416 e. The lowest BCUT2D eigenvalue weighted by Gasteiger charge is -2.09. The molecule has 0 bridgehead atoms. The van der Waals surface area contributed by atoms with Gasteiger partial charge >= 0.3 is 6.09 Å². The van der Waals surface area contributed by atoms with Crippen LogP contribution in [0.2, 0.25) is 0 Å². The Morgan fingerprint density at radius 2 is 1.78 bits per heavy atom. The molecule has 1 heterocycles. The minimum atomic E-state index is -0.625. The minimum Gasteiger partial charge on any atom is -0.447 e. The number of amides is 2. The number of carbonyl (C=O) groups is 3. The quantitative estimate of drug-likeness (QED) is 0.521. The summed E-state index contributed by atoms with van der Waals surface area (Å²) in [4.78, 5) is 35.7. The van der Waals surface area contributed by atoms with E-state index in [1.54, 1.807) is 6.08 Å². The molecule has 0 radical (unpaired) electrons. The maximum atomic E-state index is 12.7. The molecule has 0 aromatic heterocycles. The molecule has 2 rings (SSSR count). The maximum Gasteiger partial charge on any atom is 0.416 e. The first kappa shape index (κ1) is 24.2. The average Bonchev–Trinajstić information content (AvgIpc) is 3.09. The molecule has 1 saturated heterocycles. The molecule has 27 heavy (non-hydrogen) atoms. The molecule has 5 nitrogen and oxygen atoms in total. The van der Waals surface area contributed by atoms with E-state index in [-0.39, 0.29) is 37.7 Å². The van der Waals surface area contributed by atoms with Gasteiger partial charge in [0.25, 0.3) is 0 Å². The number of cyclic esters (lactones) is 1. The first-order valence-electron chi connectivity index (χ1n) is 8.85. The molecule has 1 aromatic carbocycles. The van der Waals surface area contributed by atoms with E-state index in [1.807, 2.05) is 13.0 Å². The molecule has 0 atom stereocenters. The SMILES string of the molecule is C=CC.C=CCC.O=C(CCCC(=O)N1CCOC1=O)c1ccc(F)cc1. The molecule has 1 aromatic rings. The van der Waals surface area contributed by atoms with Crippen LogP contribution in [0.4, 0.5) is 9.18 Å². The van der Waals surface area contributed by atoms with Gasteiger partial charge in [-0.1, -0.05) is 19.1 Å². The van der Waals surface area contributed by atoms with Crippen LogP contribution in [-0.2, 0) is 9.53 Å². The number of ketones is 1. The summed E-state index contributed by atoms with van der Waals surface area (Å²) in [7, 11) is 0. The first-order chi connectivity index (χ1) is 12.9. The Morgan fingerprint density at radius 1 is 1.22 bits per heavy atom. The summed E-state index contributed by atoms with van der Waals surface area (Å²) in [5.41, 5.74) is 0.416. The van der Waals surface area contributed by atoms with Crippen LogP contribution in [0.3, 0.4) is 0 Å². The topological polar surface area (TPSA) is 63.7 Å². The van der Waals surface area contributed by atoms with Gasteiger partial charge in [-0.15, -0.1) is 13.2 Å². The highest BCUT2D eigenvalue weighted by Crippen LogP contribution is 2.11. The number of imide groups is 1. The molecule has 1 aliphatic heterocycles. The van der Waals surface area contributed by atoms with Gasteiger partial charge in [0.2, 0.25) is 5.91 Å². The van der Waals surface area contributed by atoms with E-state index in [1.165, 1.54) is 24.3 Å². The van der Waals surface area contributed by atoms with Gasteiger partial charge in [0, 0.05) is 18.4 Å². The summed E-state index contributed by atoms with van der Waals surface area (Å²) in [6, 6.07) is 5.27. The first-order valence-corrected chi connectivity index (χ1v) is 8.85. The Labute approximate surface area is 160 Å². The van der Waals surface area contributed by atoms with Gasteiger partial charge < -0.3 is 4.74 Å². The Balaban J connectivity index is 0.000000836. The number of hydrogen-bond donors (Lipinski definition) is 0. The van der Waals surface area contributed by atoms with Crippen LogP contribution < -0.4 is 0 Å². The molecule has 2 amide bonds. The van der Waals surface area contributed by atoms with Crippen molar-refractivity contribution in [1.29, 1.82) is 0 Å². The highest BCUT2D eigenvalue weighted by molar-refractivity contribution is 5.96. The van der Waals surface area contributed by atoms with Gasteiger partial charge in [-0.25, -0.2) is 14.1 Å². The fraction of sp³-hybridized carbons (Fsp3) is 0.381. The third-order valence-electron chi connectivity index (χ3n) is 3.31. The number of rotatable bonds is 6. The van der Waals surface area contributed by atoms with Gasteiger partial charge in [0.1, 0.15) is 12.4 Å². The van der Waals surface area contributed by atoms with Crippen molar-refractivity contribution < 1.29 is 23.5 Å². The van der Waals surface area contributed by atoms with Crippen molar-refractivity contribution in [1.82, 2.24) is 4.90 Å². The van der Waals surface area contributed by atoms with Crippen LogP contribution in [0, 0.1) is 5.82 Å². The fourth-order valence-electron chi connectivity index (χ4n) is 1.94. The second kappa shape index (κ2) is 14.4. The number of halogens is 1. The largest absolute Gasteiger partial charge is 0.447 e. The molecule has 1 fully saturated rings. The Morgan fingerprint density at radius 3 is 2.22 bits per heavy atom. The van der Waals surface area contributed by atoms with E-state index in [2.05, 4.69) is 24.8 Å². The summed E-state index contributed by atoms with van der Waals surface area (Å²) in [5.74, 6) is -0.884. The predicted octanol–water partition coefficient (Wildman–Crippen LogP) is 4.93. The third-order valence-corrected chi connectivity index (χ3v) is 3.31. The van der Waals surface area contributed by atoms with Crippen molar-refractivity contribution in [2.24, 2.45) is 0 Å². The van der Waals surface area contributed by atoms with Crippen LogP contribution in [0.25, 0.3) is 0 Å². The monoisotopic (exact) mass is 377 g/mol. The minimum absolute atomic E-state index is 0.113. The number of hydrogen-bond acceptors (Lipinski definition) is 4. The van der Waals surface area contributed by atoms with Crippen molar-refractivity contribution in [2.45, 2.75) is 39.5 Å². The highest BCUT2D eigenvalue weighted by atomic mass is 19.1. The molecule has 0 saturated carbocycles. The van der Waals surface area contributed by atoms with Gasteiger partial charge in [0.05, 0.1) is 6.54 Å². The van der Waals surface area contributed by atoms with Crippen LogP contribution in [0.15, 0.2) is 49.6 Å². The number of nitrogens with zero attached hydrogens (tertiary/aromatic N) is 1. The van der Waals surface area contributed by atoms with E-state index in [0.29, 0.717) is 12.0 Å². The second-order valence-electron chi connectivity index (χ2n) is 5.55. The van der Waals surface area contributed by atoms with E-state index >= 15 is 0 Å². The summed E-state index contributed by atoms with van der Waals surface area (Å²) in [6.45, 7) is 11.3. The van der Waals surface area contributed by atoms with Crippen molar-refractivity contribution in [3.8, 4) is 0 Å². The molecule has 6 heteroatoms. The summed E-state index contributed by atoms with van der Waals surface area (Å²) in [6.07, 6.45) is 4.72. The van der Waals surface area contributed by atoms with Crippen LogP contribution in [-0.4, -0.2) is 35.8 Å². The second-order valence-corrected chi connectivity index (χ2v) is 5.55. The Bertz CT molecular complexity index is 626. The number of allylic oxidation sites excluding steroid dienone is 2. The molecular formula is C21H28FNO4. The van der Waals surface area contributed by atoms with Crippen molar-refractivity contribution >= 4 is 17.8 Å². The van der Waals surface area contributed by atoms with E-state index in [4.69, 9.17) is 0 Å². The zero-order chi connectivity index (χ0) is 20.7. The molecule has 0 N–H and O–H groups in total. The average molecular weight is 377 g/mol. The lowest BCUT2D eigenvalue weighted by Crippen LogP contribution is -2.31. The highest BCUT2D eigenvalue weighted by Gasteiger charge is 2.27. The van der Waals surface area contributed by atoms with E-state index < -0.39 is 11.9 Å². The van der Waals surface area contributed by atoms with Crippen LogP contribution in [0.1, 0.15) is 49.9 Å². The molecule has 1 aliphatic rings. The molecule has 0 unspecified atom stereocenters. The van der Waals surface area contributed by atoms with Crippen LogP contribution in [0.5, 0.6) is 0 Å². The summed E-state index contributed by atoms with van der Waals surface area (Å²) >= 11 is 0. The molecule has 0 aliphatic carbocycles. The molecular weight excluding hydrogens is 349 g/mol. The number of ether oxygens (including phenoxy) is 1. The van der Waals surface area contributed by atoms with Gasteiger partial charge in [-0.2, -0.15) is 0 Å². The third kappa shape index (κ3) is 10.1. The molecule has 148 valence electrons.